The summed E-state index contributed by atoms with van der Waals surface area (Å²) in [6.07, 6.45) is 1.49. The quantitative estimate of drug-likeness (QED) is 0.528. The zero-order chi connectivity index (χ0) is 20.7. The molecular formula is C20H17N7O2. The summed E-state index contributed by atoms with van der Waals surface area (Å²) in [6.45, 7) is 10.6. The molecule has 3 aromatic heterocycles. The van der Waals surface area contributed by atoms with E-state index in [-0.39, 0.29) is 17.1 Å². The molecule has 4 aromatic rings. The average molecular weight is 387 g/mol. The monoisotopic (exact) mass is 387 g/mol. The van der Waals surface area contributed by atoms with Crippen LogP contribution in [0.15, 0.2) is 41.3 Å². The Bertz CT molecular complexity index is 1350. The molecule has 2 N–H and O–H groups in total. The Balaban J connectivity index is 1.84. The van der Waals surface area contributed by atoms with Gasteiger partial charge in [0.2, 0.25) is 5.69 Å². The SMILES string of the molecule is [C-]#[N+]c1cn(C)nc1NC(=O)c1c(C)nc2c(-c3ccccc3)c(C)[nH]n2c1=O. The summed E-state index contributed by atoms with van der Waals surface area (Å²) >= 11 is 0. The lowest BCUT2D eigenvalue weighted by Gasteiger charge is -2.07. The van der Waals surface area contributed by atoms with Gasteiger partial charge >= 0.3 is 0 Å². The van der Waals surface area contributed by atoms with Crippen LogP contribution in [0.25, 0.3) is 21.6 Å². The third-order valence-corrected chi connectivity index (χ3v) is 4.59. The molecule has 9 heteroatoms. The van der Waals surface area contributed by atoms with Crippen LogP contribution in [0.4, 0.5) is 11.5 Å². The molecule has 4 rings (SSSR count). The van der Waals surface area contributed by atoms with Gasteiger partial charge in [-0.3, -0.25) is 19.4 Å². The van der Waals surface area contributed by atoms with Crippen molar-refractivity contribution in [3.63, 3.8) is 0 Å². The third-order valence-electron chi connectivity index (χ3n) is 4.59. The maximum Gasteiger partial charge on any atom is 0.285 e. The van der Waals surface area contributed by atoms with E-state index in [1.54, 1.807) is 14.0 Å². The summed E-state index contributed by atoms with van der Waals surface area (Å²) in [6, 6.07) is 9.60. The number of rotatable bonds is 3. The van der Waals surface area contributed by atoms with Crippen molar-refractivity contribution in [1.29, 1.82) is 0 Å². The number of amides is 1. The highest BCUT2D eigenvalue weighted by molar-refractivity contribution is 6.06. The normalized spacial score (nSPS) is 10.8. The molecule has 0 unspecified atom stereocenters. The molecule has 0 radical (unpaired) electrons. The van der Waals surface area contributed by atoms with E-state index in [2.05, 4.69) is 25.3 Å². The number of benzene rings is 1. The number of hydrogen-bond donors (Lipinski definition) is 2. The van der Waals surface area contributed by atoms with Gasteiger partial charge in [-0.2, -0.15) is 5.10 Å². The number of carbonyl (C=O) groups excluding carboxylic acids is 1. The van der Waals surface area contributed by atoms with Gasteiger partial charge in [0.1, 0.15) is 5.56 Å². The Hall–Kier alpha value is -4.19. The number of aryl methyl sites for hydroxylation is 3. The highest BCUT2D eigenvalue weighted by atomic mass is 16.2. The van der Waals surface area contributed by atoms with Gasteiger partial charge in [0, 0.05) is 24.5 Å². The summed E-state index contributed by atoms with van der Waals surface area (Å²) in [4.78, 5) is 33.7. The van der Waals surface area contributed by atoms with Crippen molar-refractivity contribution in [3.05, 3.63) is 75.3 Å². The number of aromatic nitrogens is 5. The second kappa shape index (κ2) is 6.76. The van der Waals surface area contributed by atoms with E-state index < -0.39 is 11.5 Å². The Kier molecular flexibility index (Phi) is 4.24. The fraction of sp³-hybridized carbons (Fsp3) is 0.150. The number of fused-ring (bicyclic) bond motifs is 1. The first-order valence-corrected chi connectivity index (χ1v) is 8.80. The number of carbonyl (C=O) groups is 1. The molecule has 144 valence electrons. The van der Waals surface area contributed by atoms with Crippen molar-refractivity contribution < 1.29 is 4.79 Å². The lowest BCUT2D eigenvalue weighted by Crippen LogP contribution is -2.29. The molecule has 9 nitrogen and oxygen atoms in total. The van der Waals surface area contributed by atoms with Crippen LogP contribution in [0.2, 0.25) is 0 Å². The predicted molar refractivity (Wildman–Crippen MR) is 108 cm³/mol. The molecule has 0 saturated heterocycles. The van der Waals surface area contributed by atoms with Crippen LogP contribution in [-0.4, -0.2) is 30.3 Å². The molecule has 0 aliphatic carbocycles. The predicted octanol–water partition coefficient (Wildman–Crippen LogP) is 2.84. The van der Waals surface area contributed by atoms with E-state index in [9.17, 15) is 9.59 Å². The summed E-state index contributed by atoms with van der Waals surface area (Å²) in [5, 5.41) is 9.61. The van der Waals surface area contributed by atoms with E-state index in [4.69, 9.17) is 6.57 Å². The van der Waals surface area contributed by atoms with Crippen LogP contribution in [0.5, 0.6) is 0 Å². The molecule has 0 atom stereocenters. The second-order valence-corrected chi connectivity index (χ2v) is 6.62. The molecule has 3 heterocycles. The summed E-state index contributed by atoms with van der Waals surface area (Å²) < 4.78 is 2.69. The molecule has 0 aliphatic rings. The van der Waals surface area contributed by atoms with Gasteiger partial charge in [0.05, 0.1) is 12.3 Å². The Labute approximate surface area is 165 Å². The first kappa shape index (κ1) is 18.2. The van der Waals surface area contributed by atoms with Gasteiger partial charge in [-0.05, 0) is 19.4 Å². The van der Waals surface area contributed by atoms with Crippen LogP contribution in [0.3, 0.4) is 0 Å². The number of H-pyrrole nitrogens is 1. The minimum atomic E-state index is -0.661. The van der Waals surface area contributed by atoms with Crippen molar-refractivity contribution in [2.45, 2.75) is 13.8 Å². The van der Waals surface area contributed by atoms with Crippen LogP contribution in [0, 0.1) is 20.4 Å². The van der Waals surface area contributed by atoms with Crippen LogP contribution >= 0.6 is 0 Å². The first-order valence-electron chi connectivity index (χ1n) is 8.80. The molecule has 0 aliphatic heterocycles. The summed E-state index contributed by atoms with van der Waals surface area (Å²) in [5.74, 6) is -0.560. The van der Waals surface area contributed by atoms with Crippen molar-refractivity contribution in [1.82, 2.24) is 24.4 Å². The van der Waals surface area contributed by atoms with E-state index in [1.165, 1.54) is 15.4 Å². The zero-order valence-corrected chi connectivity index (χ0v) is 16.0. The van der Waals surface area contributed by atoms with Crippen molar-refractivity contribution in [2.24, 2.45) is 7.05 Å². The van der Waals surface area contributed by atoms with Crippen molar-refractivity contribution in [3.8, 4) is 11.1 Å². The Morgan fingerprint density at radius 3 is 2.66 bits per heavy atom. The van der Waals surface area contributed by atoms with Gasteiger partial charge in [0.15, 0.2) is 11.5 Å². The minimum Gasteiger partial charge on any atom is -0.314 e. The number of hydrogen-bond acceptors (Lipinski definition) is 4. The lowest BCUT2D eigenvalue weighted by molar-refractivity contribution is 0.102. The third kappa shape index (κ3) is 2.96. The summed E-state index contributed by atoms with van der Waals surface area (Å²) in [7, 11) is 1.64. The largest absolute Gasteiger partial charge is 0.314 e. The highest BCUT2D eigenvalue weighted by Gasteiger charge is 2.23. The average Bonchev–Trinajstić information content (AvgIpc) is 3.21. The highest BCUT2D eigenvalue weighted by Crippen LogP contribution is 2.27. The molecule has 0 saturated carbocycles. The zero-order valence-electron chi connectivity index (χ0n) is 16.0. The van der Waals surface area contributed by atoms with E-state index in [0.717, 1.165) is 16.8 Å². The van der Waals surface area contributed by atoms with E-state index in [1.807, 2.05) is 37.3 Å². The summed E-state index contributed by atoms with van der Waals surface area (Å²) in [5.41, 5.74) is 2.80. The maximum atomic E-state index is 13.1. The fourth-order valence-electron chi connectivity index (χ4n) is 3.32. The van der Waals surface area contributed by atoms with Gasteiger partial charge < -0.3 is 5.32 Å². The molecular weight excluding hydrogens is 370 g/mol. The van der Waals surface area contributed by atoms with Crippen LogP contribution in [0.1, 0.15) is 21.7 Å². The molecule has 0 spiro atoms. The van der Waals surface area contributed by atoms with Crippen molar-refractivity contribution >= 4 is 23.1 Å². The van der Waals surface area contributed by atoms with Crippen LogP contribution < -0.4 is 10.9 Å². The first-order chi connectivity index (χ1) is 13.9. The van der Waals surface area contributed by atoms with Gasteiger partial charge in [-0.25, -0.2) is 14.3 Å². The standard InChI is InChI=1S/C20H17N7O2/c1-11-16(19(28)23-17-14(21-3)10-26(4)25-17)20(29)27-18(22-11)15(12(2)24-27)13-8-6-5-7-9-13/h5-10,24H,1-2,4H3,(H,23,25,28). The van der Waals surface area contributed by atoms with E-state index >= 15 is 0 Å². The maximum absolute atomic E-state index is 13.1. The topological polar surface area (TPSA) is 101 Å². The van der Waals surface area contributed by atoms with Gasteiger partial charge in [-0.1, -0.05) is 30.3 Å². The van der Waals surface area contributed by atoms with E-state index in [0.29, 0.717) is 11.3 Å². The molecule has 29 heavy (non-hydrogen) atoms. The number of nitrogens with one attached hydrogen (secondary N) is 2. The molecule has 0 bridgehead atoms. The Morgan fingerprint density at radius 1 is 1.24 bits per heavy atom. The second-order valence-electron chi connectivity index (χ2n) is 6.62. The molecule has 1 amide bonds. The van der Waals surface area contributed by atoms with Crippen molar-refractivity contribution in [2.75, 3.05) is 5.32 Å². The number of anilines is 1. The number of nitrogens with zero attached hydrogens (tertiary/aromatic N) is 5. The lowest BCUT2D eigenvalue weighted by atomic mass is 10.1. The molecule has 1 aromatic carbocycles. The van der Waals surface area contributed by atoms with Gasteiger partial charge in [0.25, 0.3) is 11.5 Å². The number of aromatic amines is 1. The minimum absolute atomic E-state index is 0.101. The smallest absolute Gasteiger partial charge is 0.285 e. The van der Waals surface area contributed by atoms with Gasteiger partial charge in [-0.15, -0.1) is 0 Å². The van der Waals surface area contributed by atoms with Crippen LogP contribution in [-0.2, 0) is 7.05 Å². The Morgan fingerprint density at radius 2 is 1.97 bits per heavy atom. The fourth-order valence-corrected chi connectivity index (χ4v) is 3.32. The molecule has 0 fully saturated rings.